The number of nitrogens with zero attached hydrogens (tertiary/aromatic N) is 2. The third-order valence-corrected chi connectivity index (χ3v) is 4.73. The molecule has 3 atom stereocenters. The lowest BCUT2D eigenvalue weighted by Gasteiger charge is -2.43. The molecule has 0 saturated carbocycles. The van der Waals surface area contributed by atoms with E-state index in [9.17, 15) is 0 Å². The van der Waals surface area contributed by atoms with Crippen LogP contribution < -0.4 is 5.73 Å². The Labute approximate surface area is 106 Å². The first-order valence-corrected chi connectivity index (χ1v) is 7.44. The maximum absolute atomic E-state index is 6.02. The van der Waals surface area contributed by atoms with E-state index in [4.69, 9.17) is 5.73 Å². The van der Waals surface area contributed by atoms with Gasteiger partial charge < -0.3 is 5.73 Å². The Bertz CT molecular complexity index is 232. The second-order valence-corrected chi connectivity index (χ2v) is 5.90. The summed E-state index contributed by atoms with van der Waals surface area (Å²) >= 11 is 0. The molecule has 0 aromatic rings. The molecule has 100 valence electrons. The first-order chi connectivity index (χ1) is 8.26. The zero-order valence-electron chi connectivity index (χ0n) is 11.6. The summed E-state index contributed by atoms with van der Waals surface area (Å²) < 4.78 is 0. The summed E-state index contributed by atoms with van der Waals surface area (Å²) in [5, 5.41) is 0. The lowest BCUT2D eigenvalue weighted by Crippen LogP contribution is -2.56. The number of fused-ring (bicyclic) bond motifs is 1. The van der Waals surface area contributed by atoms with Crippen molar-refractivity contribution in [2.45, 2.75) is 51.6 Å². The molecule has 2 rings (SSSR count). The Kier molecular flexibility index (Phi) is 4.83. The highest BCUT2D eigenvalue weighted by Gasteiger charge is 2.34. The van der Waals surface area contributed by atoms with Crippen LogP contribution in [0, 0.1) is 5.92 Å². The number of rotatable bonds is 5. The van der Waals surface area contributed by atoms with Crippen molar-refractivity contribution in [1.82, 2.24) is 9.80 Å². The molecule has 2 aliphatic heterocycles. The molecular weight excluding hydrogens is 210 g/mol. The van der Waals surface area contributed by atoms with Crippen LogP contribution in [-0.4, -0.2) is 54.6 Å². The summed E-state index contributed by atoms with van der Waals surface area (Å²) in [6, 6.07) is 1.43. The number of hydrogen-bond donors (Lipinski definition) is 1. The fourth-order valence-electron chi connectivity index (χ4n) is 3.71. The van der Waals surface area contributed by atoms with Crippen LogP contribution in [0.25, 0.3) is 0 Å². The predicted octanol–water partition coefficient (Wildman–Crippen LogP) is 1.53. The summed E-state index contributed by atoms with van der Waals surface area (Å²) in [6.45, 7) is 10.6. The standard InChI is InChI=1S/C14H29N3/c1-3-5-12(2)14(10-15)17-9-8-16-7-4-6-13(16)11-17/h12-14H,3-11,15H2,1-2H3. The van der Waals surface area contributed by atoms with Gasteiger partial charge in [-0.3, -0.25) is 9.80 Å². The average Bonchev–Trinajstić information content (AvgIpc) is 2.77. The number of piperazine rings is 1. The third-order valence-electron chi connectivity index (χ3n) is 4.73. The van der Waals surface area contributed by atoms with E-state index in [0.29, 0.717) is 6.04 Å². The molecule has 3 unspecified atom stereocenters. The maximum atomic E-state index is 6.02. The first-order valence-electron chi connectivity index (χ1n) is 7.44. The molecular formula is C14H29N3. The van der Waals surface area contributed by atoms with Gasteiger partial charge in [-0.1, -0.05) is 20.3 Å². The minimum atomic E-state index is 0.609. The molecule has 17 heavy (non-hydrogen) atoms. The van der Waals surface area contributed by atoms with Crippen LogP contribution >= 0.6 is 0 Å². The van der Waals surface area contributed by atoms with E-state index < -0.39 is 0 Å². The van der Waals surface area contributed by atoms with Crippen molar-refractivity contribution in [3.8, 4) is 0 Å². The molecule has 0 radical (unpaired) electrons. The van der Waals surface area contributed by atoms with Crippen molar-refractivity contribution < 1.29 is 0 Å². The topological polar surface area (TPSA) is 32.5 Å². The highest BCUT2D eigenvalue weighted by molar-refractivity contribution is 4.90. The smallest absolute Gasteiger partial charge is 0.0245 e. The highest BCUT2D eigenvalue weighted by atomic mass is 15.3. The van der Waals surface area contributed by atoms with Gasteiger partial charge in [-0.25, -0.2) is 0 Å². The predicted molar refractivity (Wildman–Crippen MR) is 73.1 cm³/mol. The number of nitrogens with two attached hydrogens (primary N) is 1. The Hall–Kier alpha value is -0.120. The van der Waals surface area contributed by atoms with Gasteiger partial charge in [0.15, 0.2) is 0 Å². The monoisotopic (exact) mass is 239 g/mol. The van der Waals surface area contributed by atoms with Gasteiger partial charge in [0.2, 0.25) is 0 Å². The van der Waals surface area contributed by atoms with Gasteiger partial charge >= 0.3 is 0 Å². The van der Waals surface area contributed by atoms with Gasteiger partial charge in [-0.15, -0.1) is 0 Å². The quantitative estimate of drug-likeness (QED) is 0.790. The Morgan fingerprint density at radius 1 is 1.29 bits per heavy atom. The minimum Gasteiger partial charge on any atom is -0.329 e. The van der Waals surface area contributed by atoms with Crippen LogP contribution in [0.4, 0.5) is 0 Å². The second kappa shape index (κ2) is 6.17. The maximum Gasteiger partial charge on any atom is 0.0245 e. The van der Waals surface area contributed by atoms with Crippen LogP contribution in [0.15, 0.2) is 0 Å². The van der Waals surface area contributed by atoms with Gasteiger partial charge in [-0.2, -0.15) is 0 Å². The fraction of sp³-hybridized carbons (Fsp3) is 1.00. The molecule has 0 bridgehead atoms. The third kappa shape index (κ3) is 3.01. The highest BCUT2D eigenvalue weighted by Crippen LogP contribution is 2.25. The lowest BCUT2D eigenvalue weighted by atomic mass is 9.94. The van der Waals surface area contributed by atoms with E-state index in [-0.39, 0.29) is 0 Å². The molecule has 3 nitrogen and oxygen atoms in total. The van der Waals surface area contributed by atoms with E-state index >= 15 is 0 Å². The van der Waals surface area contributed by atoms with E-state index in [2.05, 4.69) is 23.6 Å². The molecule has 0 spiro atoms. The molecule has 3 heteroatoms. The molecule has 2 fully saturated rings. The molecule has 2 aliphatic rings. The van der Waals surface area contributed by atoms with Crippen molar-refractivity contribution in [3.63, 3.8) is 0 Å². The van der Waals surface area contributed by atoms with Crippen LogP contribution in [0.2, 0.25) is 0 Å². The van der Waals surface area contributed by atoms with Crippen LogP contribution in [0.5, 0.6) is 0 Å². The van der Waals surface area contributed by atoms with Crippen molar-refractivity contribution in [1.29, 1.82) is 0 Å². The normalized spacial score (nSPS) is 30.2. The van der Waals surface area contributed by atoms with E-state index in [0.717, 1.165) is 18.5 Å². The molecule has 0 aromatic heterocycles. The summed E-state index contributed by atoms with van der Waals surface area (Å²) in [4.78, 5) is 5.35. The molecule has 2 N–H and O–H groups in total. The van der Waals surface area contributed by atoms with Crippen molar-refractivity contribution in [3.05, 3.63) is 0 Å². The van der Waals surface area contributed by atoms with Crippen LogP contribution in [0.3, 0.4) is 0 Å². The molecule has 0 aromatic carbocycles. The average molecular weight is 239 g/mol. The lowest BCUT2D eigenvalue weighted by molar-refractivity contribution is 0.0530. The molecule has 2 saturated heterocycles. The minimum absolute atomic E-state index is 0.609. The number of hydrogen-bond acceptors (Lipinski definition) is 3. The van der Waals surface area contributed by atoms with Gasteiger partial charge in [0.25, 0.3) is 0 Å². The van der Waals surface area contributed by atoms with E-state index in [1.54, 1.807) is 0 Å². The Morgan fingerprint density at radius 3 is 2.82 bits per heavy atom. The van der Waals surface area contributed by atoms with Crippen molar-refractivity contribution >= 4 is 0 Å². The zero-order valence-corrected chi connectivity index (χ0v) is 11.6. The van der Waals surface area contributed by atoms with Crippen LogP contribution in [-0.2, 0) is 0 Å². The summed E-state index contributed by atoms with van der Waals surface area (Å²) in [5.41, 5.74) is 6.02. The van der Waals surface area contributed by atoms with E-state index in [1.807, 2.05) is 0 Å². The van der Waals surface area contributed by atoms with Crippen LogP contribution in [0.1, 0.15) is 39.5 Å². The Balaban J connectivity index is 1.91. The summed E-state index contributed by atoms with van der Waals surface area (Å²) in [5.74, 6) is 0.748. The van der Waals surface area contributed by atoms with Gasteiger partial charge in [0.1, 0.15) is 0 Å². The van der Waals surface area contributed by atoms with Gasteiger partial charge in [0, 0.05) is 38.3 Å². The SMILES string of the molecule is CCCC(C)C(CN)N1CCN2CCCC2C1. The first kappa shape index (κ1) is 13.3. The van der Waals surface area contributed by atoms with Crippen molar-refractivity contribution in [2.75, 3.05) is 32.7 Å². The summed E-state index contributed by atoms with van der Waals surface area (Å²) in [7, 11) is 0. The zero-order chi connectivity index (χ0) is 12.3. The second-order valence-electron chi connectivity index (χ2n) is 5.90. The summed E-state index contributed by atoms with van der Waals surface area (Å²) in [6.07, 6.45) is 5.39. The van der Waals surface area contributed by atoms with Gasteiger partial charge in [0.05, 0.1) is 0 Å². The fourth-order valence-corrected chi connectivity index (χ4v) is 3.71. The molecule has 0 aliphatic carbocycles. The molecule has 0 amide bonds. The van der Waals surface area contributed by atoms with Crippen molar-refractivity contribution in [2.24, 2.45) is 11.7 Å². The Morgan fingerprint density at radius 2 is 2.12 bits per heavy atom. The van der Waals surface area contributed by atoms with E-state index in [1.165, 1.54) is 51.9 Å². The largest absolute Gasteiger partial charge is 0.329 e. The van der Waals surface area contributed by atoms with Gasteiger partial charge in [-0.05, 0) is 31.7 Å². The molecule has 2 heterocycles.